The second-order valence-corrected chi connectivity index (χ2v) is 6.92. The molecule has 4 atom stereocenters. The maximum Gasteiger partial charge on any atom is 0.309 e. The molecule has 2 aliphatic heterocycles. The summed E-state index contributed by atoms with van der Waals surface area (Å²) in [5.74, 6) is -0.0519. The molecule has 1 aromatic rings. The highest BCUT2D eigenvalue weighted by atomic mass is 16.6. The molecule has 0 aromatic heterocycles. The molecule has 2 aliphatic rings. The molecule has 2 bridgehead atoms. The Morgan fingerprint density at radius 1 is 1.27 bits per heavy atom. The van der Waals surface area contributed by atoms with Gasteiger partial charge in [0, 0.05) is 5.92 Å². The molecular weight excluding hydrogens is 279 g/mol. The van der Waals surface area contributed by atoms with Crippen LogP contribution in [-0.2, 0) is 25.6 Å². The summed E-state index contributed by atoms with van der Waals surface area (Å²) in [6.07, 6.45) is 0.284. The average molecular weight is 302 g/mol. The van der Waals surface area contributed by atoms with E-state index in [0.717, 1.165) is 5.56 Å². The van der Waals surface area contributed by atoms with Crippen LogP contribution in [0.25, 0.3) is 0 Å². The van der Waals surface area contributed by atoms with Crippen LogP contribution in [-0.4, -0.2) is 37.1 Å². The SMILES string of the molecule is B[C@@H]1O[C@]2(CC(=O)OCc3ccccc3)C(C)[C@@H]1OC2(C)C. The van der Waals surface area contributed by atoms with Crippen molar-refractivity contribution in [2.45, 2.75) is 57.1 Å². The van der Waals surface area contributed by atoms with Crippen LogP contribution in [0.5, 0.6) is 0 Å². The molecule has 2 fully saturated rings. The van der Waals surface area contributed by atoms with Gasteiger partial charge in [0.15, 0.2) is 0 Å². The topological polar surface area (TPSA) is 44.8 Å². The first-order chi connectivity index (χ1) is 10.4. The molecule has 1 aromatic carbocycles. The minimum absolute atomic E-state index is 0.0185. The van der Waals surface area contributed by atoms with Crippen molar-refractivity contribution in [3.05, 3.63) is 35.9 Å². The van der Waals surface area contributed by atoms with Gasteiger partial charge < -0.3 is 14.2 Å². The van der Waals surface area contributed by atoms with Gasteiger partial charge in [0.2, 0.25) is 0 Å². The number of ether oxygens (including phenoxy) is 3. The first-order valence-electron chi connectivity index (χ1n) is 7.91. The van der Waals surface area contributed by atoms with Crippen molar-refractivity contribution >= 4 is 13.8 Å². The van der Waals surface area contributed by atoms with Gasteiger partial charge in [0.05, 0.1) is 24.1 Å². The minimum atomic E-state index is -0.592. The van der Waals surface area contributed by atoms with Crippen LogP contribution in [0, 0.1) is 5.92 Å². The Labute approximate surface area is 132 Å². The highest BCUT2D eigenvalue weighted by molar-refractivity contribution is 6.11. The van der Waals surface area contributed by atoms with Crippen molar-refractivity contribution < 1.29 is 19.0 Å². The van der Waals surface area contributed by atoms with Gasteiger partial charge >= 0.3 is 5.97 Å². The zero-order chi connectivity index (χ0) is 16.0. The Balaban J connectivity index is 1.67. The van der Waals surface area contributed by atoms with E-state index >= 15 is 0 Å². The number of hydrogen-bond donors (Lipinski definition) is 0. The molecule has 2 heterocycles. The van der Waals surface area contributed by atoms with E-state index in [1.807, 2.05) is 52.0 Å². The number of rotatable bonds is 4. The third-order valence-corrected chi connectivity index (χ3v) is 5.19. The molecule has 0 N–H and O–H groups in total. The fourth-order valence-corrected chi connectivity index (χ4v) is 3.93. The summed E-state index contributed by atoms with van der Waals surface area (Å²) in [6.45, 7) is 6.40. The number of fused-ring (bicyclic) bond motifs is 2. The lowest BCUT2D eigenvalue weighted by atomic mass is 9.76. The lowest BCUT2D eigenvalue weighted by Crippen LogP contribution is -2.54. The molecule has 22 heavy (non-hydrogen) atoms. The van der Waals surface area contributed by atoms with Gasteiger partial charge in [-0.05, 0) is 19.4 Å². The summed E-state index contributed by atoms with van der Waals surface area (Å²) in [5, 5.41) is 0. The van der Waals surface area contributed by atoms with Crippen molar-refractivity contribution in [3.8, 4) is 0 Å². The minimum Gasteiger partial charge on any atom is -0.461 e. The Morgan fingerprint density at radius 3 is 2.55 bits per heavy atom. The Hall–Kier alpha value is -1.33. The van der Waals surface area contributed by atoms with E-state index in [1.165, 1.54) is 0 Å². The predicted octanol–water partition coefficient (Wildman–Crippen LogP) is 1.66. The molecule has 5 heteroatoms. The van der Waals surface area contributed by atoms with E-state index in [0.29, 0.717) is 6.61 Å². The number of carbonyl (C=O) groups is 1. The van der Waals surface area contributed by atoms with Crippen LogP contribution in [0.15, 0.2) is 30.3 Å². The molecule has 1 unspecified atom stereocenters. The van der Waals surface area contributed by atoms with Crippen LogP contribution in [0.2, 0.25) is 0 Å². The Kier molecular flexibility index (Phi) is 3.81. The lowest BCUT2D eigenvalue weighted by molar-refractivity contribution is -0.213. The van der Waals surface area contributed by atoms with Crippen LogP contribution in [0.4, 0.5) is 0 Å². The molecule has 0 saturated carbocycles. The van der Waals surface area contributed by atoms with Gasteiger partial charge in [0.25, 0.3) is 0 Å². The van der Waals surface area contributed by atoms with Crippen molar-refractivity contribution in [2.24, 2.45) is 5.92 Å². The molecule has 4 nitrogen and oxygen atoms in total. The van der Waals surface area contributed by atoms with Gasteiger partial charge in [-0.25, -0.2) is 0 Å². The van der Waals surface area contributed by atoms with Crippen LogP contribution in [0.3, 0.4) is 0 Å². The van der Waals surface area contributed by atoms with Gasteiger partial charge in [-0.2, -0.15) is 0 Å². The third kappa shape index (κ3) is 2.36. The van der Waals surface area contributed by atoms with E-state index in [4.69, 9.17) is 14.2 Å². The highest BCUT2D eigenvalue weighted by Gasteiger charge is 2.67. The molecule has 118 valence electrons. The zero-order valence-corrected chi connectivity index (χ0v) is 13.7. The normalized spacial score (nSPS) is 35.5. The second kappa shape index (κ2) is 5.39. The maximum absolute atomic E-state index is 12.3. The summed E-state index contributed by atoms with van der Waals surface area (Å²) < 4.78 is 17.7. The smallest absolute Gasteiger partial charge is 0.309 e. The largest absolute Gasteiger partial charge is 0.461 e. The molecule has 3 rings (SSSR count). The van der Waals surface area contributed by atoms with Crippen LogP contribution >= 0.6 is 0 Å². The molecule has 0 spiro atoms. The van der Waals surface area contributed by atoms with Gasteiger partial charge in [-0.1, -0.05) is 37.3 Å². The maximum atomic E-state index is 12.3. The quantitative estimate of drug-likeness (QED) is 0.627. The number of hydrogen-bond acceptors (Lipinski definition) is 4. The van der Waals surface area contributed by atoms with E-state index in [2.05, 4.69) is 6.92 Å². The zero-order valence-electron chi connectivity index (χ0n) is 13.7. The number of esters is 1. The van der Waals surface area contributed by atoms with Crippen molar-refractivity contribution in [2.75, 3.05) is 0 Å². The summed E-state index contributed by atoms with van der Waals surface area (Å²) in [6, 6.07) is 9.72. The summed E-state index contributed by atoms with van der Waals surface area (Å²) in [7, 11) is 2.01. The Morgan fingerprint density at radius 2 is 1.95 bits per heavy atom. The van der Waals surface area contributed by atoms with Crippen molar-refractivity contribution in [1.29, 1.82) is 0 Å². The van der Waals surface area contributed by atoms with Gasteiger partial charge in [-0.3, -0.25) is 4.79 Å². The number of benzene rings is 1. The third-order valence-electron chi connectivity index (χ3n) is 5.19. The van der Waals surface area contributed by atoms with E-state index in [9.17, 15) is 4.79 Å². The fourth-order valence-electron chi connectivity index (χ4n) is 3.93. The molecule has 0 aliphatic carbocycles. The fraction of sp³-hybridized carbons (Fsp3) is 0.588. The summed E-state index contributed by atoms with van der Waals surface area (Å²) in [4.78, 5) is 12.3. The van der Waals surface area contributed by atoms with Crippen molar-refractivity contribution in [3.63, 3.8) is 0 Å². The monoisotopic (exact) mass is 302 g/mol. The lowest BCUT2D eigenvalue weighted by Gasteiger charge is -2.43. The number of carbonyl (C=O) groups excluding carboxylic acids is 1. The van der Waals surface area contributed by atoms with Gasteiger partial charge in [-0.15, -0.1) is 0 Å². The van der Waals surface area contributed by atoms with Crippen molar-refractivity contribution in [1.82, 2.24) is 0 Å². The van der Waals surface area contributed by atoms with E-state index in [-0.39, 0.29) is 30.4 Å². The standard InChI is InChI=1S/C17H23BO4/c1-11-14-15(18)22-17(11,16(2,3)21-14)9-13(19)20-10-12-7-5-4-6-8-12/h4-8,11,14-15H,9-10,18H2,1-3H3/t11?,14-,15+,17+/m0/s1. The van der Waals surface area contributed by atoms with Gasteiger partial charge in [0.1, 0.15) is 20.1 Å². The first kappa shape index (κ1) is 15.6. The van der Waals surface area contributed by atoms with Crippen LogP contribution in [0.1, 0.15) is 32.8 Å². The molecule has 2 saturated heterocycles. The van der Waals surface area contributed by atoms with E-state index in [1.54, 1.807) is 0 Å². The average Bonchev–Trinajstić information content (AvgIpc) is 2.81. The molecular formula is C17H23BO4. The molecule has 0 radical (unpaired) electrons. The van der Waals surface area contributed by atoms with E-state index < -0.39 is 11.2 Å². The Bertz CT molecular complexity index is 559. The second-order valence-electron chi connectivity index (χ2n) is 6.92. The summed E-state index contributed by atoms with van der Waals surface area (Å²) in [5.41, 5.74) is -0.0813. The predicted molar refractivity (Wildman–Crippen MR) is 85.1 cm³/mol. The first-order valence-corrected chi connectivity index (χ1v) is 7.91. The highest BCUT2D eigenvalue weighted by Crippen LogP contribution is 2.55. The molecule has 0 amide bonds. The summed E-state index contributed by atoms with van der Waals surface area (Å²) >= 11 is 0. The van der Waals surface area contributed by atoms with Crippen LogP contribution < -0.4 is 0 Å².